The van der Waals surface area contributed by atoms with Crippen LogP contribution in [0, 0.1) is 0 Å². The molecule has 23 heavy (non-hydrogen) atoms. The van der Waals surface area contributed by atoms with Gasteiger partial charge in [0.25, 0.3) is 0 Å². The van der Waals surface area contributed by atoms with E-state index in [0.29, 0.717) is 10.8 Å². The van der Waals surface area contributed by atoms with Crippen molar-refractivity contribution in [1.29, 1.82) is 0 Å². The predicted molar refractivity (Wildman–Crippen MR) is 101 cm³/mol. The van der Waals surface area contributed by atoms with Crippen LogP contribution < -0.4 is 0 Å². The normalized spacial score (nSPS) is 11.7. The molecule has 0 aliphatic carbocycles. The van der Waals surface area contributed by atoms with Crippen LogP contribution in [0.5, 0.6) is 0 Å². The molecule has 118 valence electrons. The maximum atomic E-state index is 6.39. The van der Waals surface area contributed by atoms with Crippen LogP contribution in [0.4, 0.5) is 0 Å². The summed E-state index contributed by atoms with van der Waals surface area (Å²) >= 11 is 9.83. The second kappa shape index (κ2) is 6.18. The van der Waals surface area contributed by atoms with Gasteiger partial charge in [-0.05, 0) is 23.1 Å². The van der Waals surface area contributed by atoms with E-state index in [1.807, 2.05) is 30.3 Å². The molecule has 2 aromatic carbocycles. The molecule has 0 saturated heterocycles. The van der Waals surface area contributed by atoms with E-state index < -0.39 is 0 Å². The van der Waals surface area contributed by atoms with Crippen LogP contribution in [-0.2, 0) is 5.41 Å². The first-order valence-corrected chi connectivity index (χ1v) is 8.68. The summed E-state index contributed by atoms with van der Waals surface area (Å²) in [6, 6.07) is 18.3. The zero-order chi connectivity index (χ0) is 16.6. The molecule has 0 aliphatic heterocycles. The third-order valence-corrected chi connectivity index (χ3v) is 4.64. The molecule has 3 rings (SSSR count). The Labute approximate surface area is 150 Å². The van der Waals surface area contributed by atoms with E-state index in [1.165, 1.54) is 5.56 Å². The molecular weight excluding hydrogens is 372 g/mol. The van der Waals surface area contributed by atoms with Gasteiger partial charge in [-0.25, -0.2) is 0 Å². The first-order valence-electron chi connectivity index (χ1n) is 7.51. The highest BCUT2D eigenvalue weighted by atomic mass is 79.9. The third-order valence-electron chi connectivity index (χ3n) is 3.83. The molecule has 0 saturated carbocycles. The fraction of sp³-hybridized carbons (Fsp3) is 0.200. The fourth-order valence-corrected chi connectivity index (χ4v) is 2.95. The second-order valence-electron chi connectivity index (χ2n) is 6.62. The molecule has 3 aromatic rings. The first kappa shape index (κ1) is 16.4. The lowest BCUT2D eigenvalue weighted by Crippen LogP contribution is -2.10. The van der Waals surface area contributed by atoms with Crippen molar-refractivity contribution in [1.82, 2.24) is 0 Å². The van der Waals surface area contributed by atoms with Crippen molar-refractivity contribution in [2.24, 2.45) is 0 Å². The molecule has 0 amide bonds. The Morgan fingerprint density at radius 3 is 2.00 bits per heavy atom. The number of rotatable bonds is 2. The molecule has 1 nitrogen and oxygen atoms in total. The van der Waals surface area contributed by atoms with E-state index in [1.54, 1.807) is 0 Å². The van der Waals surface area contributed by atoms with Crippen molar-refractivity contribution in [2.45, 2.75) is 26.2 Å². The van der Waals surface area contributed by atoms with Crippen LogP contribution in [0.15, 0.2) is 63.5 Å². The quantitative estimate of drug-likeness (QED) is 0.447. The van der Waals surface area contributed by atoms with Gasteiger partial charge in [0.05, 0.1) is 5.02 Å². The summed E-state index contributed by atoms with van der Waals surface area (Å²) in [4.78, 5) is 0. The lowest BCUT2D eigenvalue weighted by atomic mass is 9.86. The maximum Gasteiger partial charge on any atom is 0.153 e. The highest BCUT2D eigenvalue weighted by Gasteiger charge is 2.16. The second-order valence-corrected chi connectivity index (χ2v) is 7.94. The largest absolute Gasteiger partial charge is 0.454 e. The Kier molecular flexibility index (Phi) is 4.39. The van der Waals surface area contributed by atoms with Crippen LogP contribution in [0.25, 0.3) is 22.6 Å². The van der Waals surface area contributed by atoms with E-state index >= 15 is 0 Å². The molecule has 0 atom stereocenters. The minimum Gasteiger partial charge on any atom is -0.454 e. The van der Waals surface area contributed by atoms with E-state index in [4.69, 9.17) is 16.0 Å². The summed E-state index contributed by atoms with van der Waals surface area (Å²) in [6.45, 7) is 6.61. The lowest BCUT2D eigenvalue weighted by Gasteiger charge is -2.18. The molecule has 3 heteroatoms. The molecule has 0 bridgehead atoms. The maximum absolute atomic E-state index is 6.39. The van der Waals surface area contributed by atoms with Gasteiger partial charge < -0.3 is 4.42 Å². The summed E-state index contributed by atoms with van der Waals surface area (Å²) < 4.78 is 7.04. The van der Waals surface area contributed by atoms with Crippen molar-refractivity contribution < 1.29 is 4.42 Å². The Morgan fingerprint density at radius 1 is 0.870 bits per heavy atom. The van der Waals surface area contributed by atoms with E-state index in [0.717, 1.165) is 21.4 Å². The summed E-state index contributed by atoms with van der Waals surface area (Å²) in [7, 11) is 0. The predicted octanol–water partition coefficient (Wildman–Crippen LogP) is 7.33. The minimum atomic E-state index is 0.133. The van der Waals surface area contributed by atoms with Gasteiger partial charge in [-0.2, -0.15) is 0 Å². The van der Waals surface area contributed by atoms with E-state index in [9.17, 15) is 0 Å². The highest BCUT2D eigenvalue weighted by molar-refractivity contribution is 9.10. The van der Waals surface area contributed by atoms with Crippen molar-refractivity contribution in [3.8, 4) is 22.6 Å². The van der Waals surface area contributed by atoms with Gasteiger partial charge in [0.1, 0.15) is 5.76 Å². The van der Waals surface area contributed by atoms with E-state index in [-0.39, 0.29) is 5.41 Å². The molecule has 1 aromatic heterocycles. The molecule has 0 unspecified atom stereocenters. The monoisotopic (exact) mass is 388 g/mol. The van der Waals surface area contributed by atoms with Crippen molar-refractivity contribution in [3.05, 3.63) is 69.7 Å². The van der Waals surface area contributed by atoms with E-state index in [2.05, 4.69) is 61.0 Å². The first-order chi connectivity index (χ1) is 10.8. The van der Waals surface area contributed by atoms with Gasteiger partial charge in [0.2, 0.25) is 0 Å². The topological polar surface area (TPSA) is 13.1 Å². The Bertz CT molecular complexity index is 808. The van der Waals surface area contributed by atoms with Crippen molar-refractivity contribution >= 4 is 27.5 Å². The zero-order valence-corrected chi connectivity index (χ0v) is 15.7. The van der Waals surface area contributed by atoms with Gasteiger partial charge in [-0.3, -0.25) is 0 Å². The molecule has 0 fully saturated rings. The number of halogens is 2. The summed E-state index contributed by atoms with van der Waals surface area (Å²) in [5, 5.41) is 0.631. The number of furan rings is 1. The van der Waals surface area contributed by atoms with Gasteiger partial charge in [0, 0.05) is 21.7 Å². The summed E-state index contributed by atoms with van der Waals surface area (Å²) in [5.74, 6) is 1.49. The van der Waals surface area contributed by atoms with Crippen molar-refractivity contribution in [3.63, 3.8) is 0 Å². The molecule has 0 radical (unpaired) electrons. The third kappa shape index (κ3) is 3.54. The number of hydrogen-bond donors (Lipinski definition) is 0. The molecule has 0 N–H and O–H groups in total. The molecule has 1 heterocycles. The summed E-state index contributed by atoms with van der Waals surface area (Å²) in [6.07, 6.45) is 0. The SMILES string of the molecule is CC(C)(C)c1ccc(-c2oc(-c3ccc(Br)cc3)cc2Cl)cc1. The minimum absolute atomic E-state index is 0.133. The van der Waals surface area contributed by atoms with Crippen LogP contribution in [0.1, 0.15) is 26.3 Å². The summed E-state index contributed by atoms with van der Waals surface area (Å²) in [5.41, 5.74) is 3.42. The van der Waals surface area contributed by atoms with Crippen LogP contribution >= 0.6 is 27.5 Å². The number of hydrogen-bond acceptors (Lipinski definition) is 1. The van der Waals surface area contributed by atoms with Gasteiger partial charge >= 0.3 is 0 Å². The van der Waals surface area contributed by atoms with Crippen LogP contribution in [0.2, 0.25) is 5.02 Å². The smallest absolute Gasteiger partial charge is 0.153 e. The standard InChI is InChI=1S/C20H18BrClO/c1-20(2,3)15-8-4-14(5-9-15)19-17(22)12-18(23-19)13-6-10-16(21)11-7-13/h4-12H,1-3H3. The Hall–Kier alpha value is -1.51. The average Bonchev–Trinajstić information content (AvgIpc) is 2.89. The van der Waals surface area contributed by atoms with Crippen LogP contribution in [-0.4, -0.2) is 0 Å². The molecule has 0 spiro atoms. The van der Waals surface area contributed by atoms with Gasteiger partial charge in [-0.1, -0.05) is 84.7 Å². The average molecular weight is 390 g/mol. The highest BCUT2D eigenvalue weighted by Crippen LogP contribution is 2.36. The van der Waals surface area contributed by atoms with Crippen LogP contribution in [0.3, 0.4) is 0 Å². The van der Waals surface area contributed by atoms with Gasteiger partial charge in [0.15, 0.2) is 5.76 Å². The Balaban J connectivity index is 1.96. The molecule has 0 aliphatic rings. The van der Waals surface area contributed by atoms with Crippen molar-refractivity contribution in [2.75, 3.05) is 0 Å². The molecular formula is C20H18BrClO. The number of benzene rings is 2. The zero-order valence-electron chi connectivity index (χ0n) is 13.4. The fourth-order valence-electron chi connectivity index (χ4n) is 2.44. The lowest BCUT2D eigenvalue weighted by molar-refractivity contribution is 0.588. The van der Waals surface area contributed by atoms with Gasteiger partial charge in [-0.15, -0.1) is 0 Å². The Morgan fingerprint density at radius 2 is 1.43 bits per heavy atom.